The number of unbranched alkanes of at least 4 members (excludes halogenated alkanes) is 1. The SMILES string of the molecule is CCCCOCCN(CCOCCCC(C)C)CCOCCOCCCC(=O)CNC(=O)CN. The van der Waals surface area contributed by atoms with Gasteiger partial charge in [0.15, 0.2) is 5.78 Å². The van der Waals surface area contributed by atoms with Crippen LogP contribution >= 0.6 is 0 Å². The average Bonchev–Trinajstić information content (AvgIpc) is 2.82. The van der Waals surface area contributed by atoms with Crippen LogP contribution in [0, 0.1) is 5.92 Å². The highest BCUT2D eigenvalue weighted by molar-refractivity contribution is 5.86. The largest absolute Gasteiger partial charge is 0.380 e. The van der Waals surface area contributed by atoms with Gasteiger partial charge in [-0.1, -0.05) is 27.2 Å². The Morgan fingerprint density at radius 2 is 1.32 bits per heavy atom. The summed E-state index contributed by atoms with van der Waals surface area (Å²) >= 11 is 0. The minimum Gasteiger partial charge on any atom is -0.380 e. The maximum absolute atomic E-state index is 11.6. The molecule has 0 bridgehead atoms. The first-order valence-electron chi connectivity index (χ1n) is 13.0. The molecule has 0 saturated carbocycles. The van der Waals surface area contributed by atoms with Gasteiger partial charge in [0.05, 0.1) is 46.1 Å². The number of hydrogen-bond acceptors (Lipinski definition) is 8. The smallest absolute Gasteiger partial charge is 0.234 e. The van der Waals surface area contributed by atoms with Crippen LogP contribution in [0.25, 0.3) is 0 Å². The zero-order valence-corrected chi connectivity index (χ0v) is 22.0. The van der Waals surface area contributed by atoms with E-state index in [-0.39, 0.29) is 24.8 Å². The van der Waals surface area contributed by atoms with Gasteiger partial charge in [-0.05, 0) is 31.6 Å². The molecule has 0 unspecified atom stereocenters. The van der Waals surface area contributed by atoms with Crippen molar-refractivity contribution < 1.29 is 28.5 Å². The van der Waals surface area contributed by atoms with Crippen LogP contribution in [0.15, 0.2) is 0 Å². The third kappa shape index (κ3) is 24.0. The number of nitrogens with one attached hydrogen (secondary N) is 1. The highest BCUT2D eigenvalue weighted by Crippen LogP contribution is 2.03. The monoisotopic (exact) mass is 489 g/mol. The molecule has 0 rings (SSSR count). The second kappa shape index (κ2) is 25.0. The number of ether oxygens (including phenoxy) is 4. The molecule has 0 fully saturated rings. The molecule has 1 amide bonds. The number of nitrogens with two attached hydrogens (primary N) is 1. The van der Waals surface area contributed by atoms with Crippen LogP contribution < -0.4 is 11.1 Å². The summed E-state index contributed by atoms with van der Waals surface area (Å²) in [5.41, 5.74) is 5.18. The van der Waals surface area contributed by atoms with E-state index >= 15 is 0 Å². The summed E-state index contributed by atoms with van der Waals surface area (Å²) in [6.07, 6.45) is 5.56. The van der Waals surface area contributed by atoms with Gasteiger partial charge < -0.3 is 30.0 Å². The fraction of sp³-hybridized carbons (Fsp3) is 0.920. The van der Waals surface area contributed by atoms with Crippen LogP contribution in [0.2, 0.25) is 0 Å². The Morgan fingerprint density at radius 1 is 0.794 bits per heavy atom. The summed E-state index contributed by atoms with van der Waals surface area (Å²) in [5, 5.41) is 2.47. The molecule has 0 atom stereocenters. The number of rotatable bonds is 26. The van der Waals surface area contributed by atoms with Crippen molar-refractivity contribution >= 4 is 11.7 Å². The first-order chi connectivity index (χ1) is 16.5. The summed E-state index contributed by atoms with van der Waals surface area (Å²) in [4.78, 5) is 25.0. The minimum absolute atomic E-state index is 0.0238. The molecular weight excluding hydrogens is 438 g/mol. The van der Waals surface area contributed by atoms with Crippen molar-refractivity contribution in [3.63, 3.8) is 0 Å². The molecule has 34 heavy (non-hydrogen) atoms. The molecule has 9 heteroatoms. The van der Waals surface area contributed by atoms with Crippen molar-refractivity contribution in [3.8, 4) is 0 Å². The molecule has 0 aromatic carbocycles. The van der Waals surface area contributed by atoms with E-state index < -0.39 is 0 Å². The van der Waals surface area contributed by atoms with Crippen molar-refractivity contribution in [1.82, 2.24) is 10.2 Å². The van der Waals surface area contributed by atoms with Gasteiger partial charge in [0.1, 0.15) is 0 Å². The van der Waals surface area contributed by atoms with Gasteiger partial charge in [-0.3, -0.25) is 14.5 Å². The van der Waals surface area contributed by atoms with E-state index in [1.54, 1.807) is 0 Å². The Morgan fingerprint density at radius 3 is 1.88 bits per heavy atom. The van der Waals surface area contributed by atoms with E-state index in [2.05, 4.69) is 31.0 Å². The highest BCUT2D eigenvalue weighted by atomic mass is 16.5. The summed E-state index contributed by atoms with van der Waals surface area (Å²) in [7, 11) is 0. The molecule has 9 nitrogen and oxygen atoms in total. The fourth-order valence-corrected chi connectivity index (χ4v) is 3.01. The Bertz CT molecular complexity index is 480. The lowest BCUT2D eigenvalue weighted by Crippen LogP contribution is -2.34. The number of amides is 1. The minimum atomic E-state index is -0.321. The predicted molar refractivity (Wildman–Crippen MR) is 135 cm³/mol. The van der Waals surface area contributed by atoms with Gasteiger partial charge >= 0.3 is 0 Å². The molecule has 0 aliphatic carbocycles. The number of carbonyl (C=O) groups is 2. The molecule has 0 aromatic heterocycles. The third-order valence-electron chi connectivity index (χ3n) is 5.15. The van der Waals surface area contributed by atoms with E-state index in [1.807, 2.05) is 0 Å². The third-order valence-corrected chi connectivity index (χ3v) is 5.15. The van der Waals surface area contributed by atoms with Crippen LogP contribution in [-0.2, 0) is 28.5 Å². The average molecular weight is 490 g/mol. The Balaban J connectivity index is 3.81. The van der Waals surface area contributed by atoms with Crippen molar-refractivity contribution in [1.29, 1.82) is 0 Å². The number of ketones is 1. The van der Waals surface area contributed by atoms with Crippen LogP contribution in [0.1, 0.15) is 59.3 Å². The molecule has 0 saturated heterocycles. The number of carbonyl (C=O) groups excluding carboxylic acids is 2. The van der Waals surface area contributed by atoms with Gasteiger partial charge in [-0.15, -0.1) is 0 Å². The fourth-order valence-electron chi connectivity index (χ4n) is 3.01. The zero-order valence-electron chi connectivity index (χ0n) is 22.0. The lowest BCUT2D eigenvalue weighted by molar-refractivity contribution is -0.124. The second-order valence-corrected chi connectivity index (χ2v) is 8.80. The Hall–Kier alpha value is -1.10. The van der Waals surface area contributed by atoms with Crippen LogP contribution in [-0.4, -0.2) is 102 Å². The number of hydrogen-bond donors (Lipinski definition) is 2. The van der Waals surface area contributed by atoms with Crippen molar-refractivity contribution in [3.05, 3.63) is 0 Å². The molecule has 3 N–H and O–H groups in total. The van der Waals surface area contributed by atoms with Crippen molar-refractivity contribution in [2.75, 3.05) is 85.6 Å². The van der Waals surface area contributed by atoms with E-state index in [1.165, 1.54) is 6.42 Å². The first-order valence-corrected chi connectivity index (χ1v) is 13.0. The van der Waals surface area contributed by atoms with Crippen LogP contribution in [0.4, 0.5) is 0 Å². The summed E-state index contributed by atoms with van der Waals surface area (Å²) in [6.45, 7) is 14.4. The Labute approximate surface area is 207 Å². The number of Topliss-reactive ketones (excluding diaryl/α,β-unsaturated/α-hetero) is 1. The Kier molecular flexibility index (Phi) is 24.2. The van der Waals surface area contributed by atoms with Gasteiger partial charge in [-0.25, -0.2) is 0 Å². The summed E-state index contributed by atoms with van der Waals surface area (Å²) < 4.78 is 22.7. The maximum atomic E-state index is 11.6. The molecule has 0 spiro atoms. The second-order valence-electron chi connectivity index (χ2n) is 8.80. The predicted octanol–water partition coefficient (Wildman–Crippen LogP) is 2.02. The molecular formula is C25H51N3O6. The molecule has 0 aliphatic rings. The lowest BCUT2D eigenvalue weighted by Gasteiger charge is -2.22. The molecule has 0 aromatic rings. The van der Waals surface area contributed by atoms with Crippen LogP contribution in [0.3, 0.4) is 0 Å². The van der Waals surface area contributed by atoms with E-state index in [0.29, 0.717) is 39.3 Å². The van der Waals surface area contributed by atoms with E-state index in [9.17, 15) is 9.59 Å². The summed E-state index contributed by atoms with van der Waals surface area (Å²) in [5.74, 6) is 0.377. The van der Waals surface area contributed by atoms with Gasteiger partial charge in [0, 0.05) is 45.9 Å². The zero-order chi connectivity index (χ0) is 25.3. The van der Waals surface area contributed by atoms with Gasteiger partial charge in [-0.2, -0.15) is 0 Å². The van der Waals surface area contributed by atoms with Crippen molar-refractivity contribution in [2.24, 2.45) is 11.7 Å². The topological polar surface area (TPSA) is 112 Å². The molecule has 0 radical (unpaired) electrons. The summed E-state index contributed by atoms with van der Waals surface area (Å²) in [6, 6.07) is 0. The van der Waals surface area contributed by atoms with Gasteiger partial charge in [0.2, 0.25) is 5.91 Å². The normalized spacial score (nSPS) is 11.5. The van der Waals surface area contributed by atoms with Crippen molar-refractivity contribution in [2.45, 2.75) is 59.3 Å². The molecule has 0 aliphatic heterocycles. The molecule has 0 heterocycles. The number of nitrogens with zero attached hydrogens (tertiary/aromatic N) is 1. The van der Waals surface area contributed by atoms with Crippen LogP contribution in [0.5, 0.6) is 0 Å². The first kappa shape index (κ1) is 32.9. The quantitative estimate of drug-likeness (QED) is 0.178. The standard InChI is InChI=1S/C25H51N3O6/c1-4-5-13-31-16-10-28(11-17-32-14-6-8-23(2)3)12-18-34-20-19-33-15-7-9-24(29)22-27-25(30)21-26/h23H,4-22,26H2,1-3H3,(H,27,30). The van der Waals surface area contributed by atoms with Gasteiger partial charge in [0.25, 0.3) is 0 Å². The van der Waals surface area contributed by atoms with E-state index in [4.69, 9.17) is 24.7 Å². The highest BCUT2D eigenvalue weighted by Gasteiger charge is 2.06. The van der Waals surface area contributed by atoms with E-state index in [0.717, 1.165) is 71.2 Å². The molecule has 202 valence electrons. The lowest BCUT2D eigenvalue weighted by atomic mass is 10.1. The maximum Gasteiger partial charge on any atom is 0.234 e.